The average Bonchev–Trinajstić information content (AvgIpc) is 2.82. The Morgan fingerprint density at radius 1 is 1.21 bits per heavy atom. The van der Waals surface area contributed by atoms with E-state index in [1.54, 1.807) is 18.2 Å². The number of hydrogen-bond acceptors (Lipinski definition) is 7. The van der Waals surface area contributed by atoms with Gasteiger partial charge in [-0.25, -0.2) is 19.0 Å². The number of nitrogens with one attached hydrogen (secondary N) is 1. The summed E-state index contributed by atoms with van der Waals surface area (Å²) in [7, 11) is 0. The number of rotatable bonds is 5. The van der Waals surface area contributed by atoms with Crippen molar-refractivity contribution in [2.45, 2.75) is 26.9 Å². The second-order valence-electron chi connectivity index (χ2n) is 8.56. The van der Waals surface area contributed by atoms with E-state index in [0.29, 0.717) is 35.5 Å². The van der Waals surface area contributed by atoms with Crippen LogP contribution >= 0.6 is 0 Å². The Morgan fingerprint density at radius 2 is 1.97 bits per heavy atom. The van der Waals surface area contributed by atoms with E-state index >= 15 is 4.39 Å². The van der Waals surface area contributed by atoms with E-state index in [9.17, 15) is 14.7 Å². The molecule has 1 fully saturated rings. The molecule has 1 aromatic heterocycles. The van der Waals surface area contributed by atoms with Gasteiger partial charge in [0.05, 0.1) is 23.0 Å². The van der Waals surface area contributed by atoms with Crippen LogP contribution in [-0.4, -0.2) is 58.0 Å². The molecule has 2 aromatic carbocycles. The van der Waals surface area contributed by atoms with Crippen LogP contribution in [0.1, 0.15) is 28.4 Å². The number of anilines is 2. The number of aryl methyl sites for hydroxylation is 1. The predicted molar refractivity (Wildman–Crippen MR) is 129 cm³/mol. The van der Waals surface area contributed by atoms with Gasteiger partial charge < -0.3 is 15.3 Å². The molecular weight excluding hydrogens is 439 g/mol. The minimum Gasteiger partial charge on any atom is -0.478 e. The highest BCUT2D eigenvalue weighted by molar-refractivity contribution is 6.06. The lowest BCUT2D eigenvalue weighted by atomic mass is 10.1. The molecule has 0 atom stereocenters. The highest BCUT2D eigenvalue weighted by Crippen LogP contribution is 2.36. The van der Waals surface area contributed by atoms with E-state index < -0.39 is 17.5 Å². The molecule has 0 amide bonds. The van der Waals surface area contributed by atoms with Crippen LogP contribution < -0.4 is 15.9 Å². The number of piperazine rings is 1. The molecule has 9 nitrogen and oxygen atoms in total. The first kappa shape index (κ1) is 22.0. The van der Waals surface area contributed by atoms with Crippen LogP contribution in [0.25, 0.3) is 10.9 Å². The van der Waals surface area contributed by atoms with Crippen molar-refractivity contribution in [1.82, 2.24) is 14.5 Å². The van der Waals surface area contributed by atoms with Gasteiger partial charge in [-0.3, -0.25) is 9.47 Å². The summed E-state index contributed by atoms with van der Waals surface area (Å²) in [4.78, 5) is 36.3. The van der Waals surface area contributed by atoms with Gasteiger partial charge in [0, 0.05) is 50.5 Å². The Bertz CT molecular complexity index is 1390. The Labute approximate surface area is 195 Å². The van der Waals surface area contributed by atoms with Crippen LogP contribution in [0.3, 0.4) is 0 Å². The van der Waals surface area contributed by atoms with Crippen LogP contribution in [0.5, 0.6) is 0 Å². The number of benzene rings is 2. The Hall–Kier alpha value is -3.79. The number of aromatic nitrogens is 2. The van der Waals surface area contributed by atoms with Gasteiger partial charge in [-0.1, -0.05) is 0 Å². The molecule has 0 unspecified atom stereocenters. The fourth-order valence-corrected chi connectivity index (χ4v) is 4.75. The first-order valence-electron chi connectivity index (χ1n) is 11.2. The minimum absolute atomic E-state index is 0.0503. The molecule has 5 rings (SSSR count). The molecule has 0 aliphatic carbocycles. The fraction of sp³-hybridized carbons (Fsp3) is 0.333. The fourth-order valence-electron chi connectivity index (χ4n) is 4.75. The SMILES string of the molecule is CCn1c2c3c(cc(CN4CCN(c5ccc(C(=O)O)cc5C)CC4)c(F)c3nc1=O)NC=N2. The normalized spacial score (nSPS) is 15.6. The number of carbonyl (C=O) groups is 1. The van der Waals surface area contributed by atoms with Gasteiger partial charge in [0.25, 0.3) is 0 Å². The lowest BCUT2D eigenvalue weighted by Crippen LogP contribution is -2.46. The molecule has 0 radical (unpaired) electrons. The third-order valence-corrected chi connectivity index (χ3v) is 6.51. The molecule has 34 heavy (non-hydrogen) atoms. The van der Waals surface area contributed by atoms with Crippen molar-refractivity contribution in [3.8, 4) is 0 Å². The van der Waals surface area contributed by atoms with Crippen molar-refractivity contribution >= 4 is 40.4 Å². The number of carboxylic acids is 1. The lowest BCUT2D eigenvalue weighted by Gasteiger charge is -2.37. The van der Waals surface area contributed by atoms with Gasteiger partial charge in [0.15, 0.2) is 5.82 Å². The molecule has 176 valence electrons. The van der Waals surface area contributed by atoms with E-state index in [4.69, 9.17) is 0 Å². The quantitative estimate of drug-likeness (QED) is 0.598. The second kappa shape index (κ2) is 8.53. The molecular formula is C24H25FN6O3. The molecule has 2 aliphatic rings. The Balaban J connectivity index is 1.37. The van der Waals surface area contributed by atoms with Crippen molar-refractivity contribution < 1.29 is 14.3 Å². The first-order valence-corrected chi connectivity index (χ1v) is 11.2. The zero-order valence-electron chi connectivity index (χ0n) is 19.0. The number of carboxylic acid groups (broad SMARTS) is 1. The summed E-state index contributed by atoms with van der Waals surface area (Å²) in [5, 5.41) is 12.8. The summed E-state index contributed by atoms with van der Waals surface area (Å²) in [5.41, 5.74) is 2.92. The summed E-state index contributed by atoms with van der Waals surface area (Å²) in [6.07, 6.45) is 1.52. The monoisotopic (exact) mass is 464 g/mol. The van der Waals surface area contributed by atoms with Crippen molar-refractivity contribution in [1.29, 1.82) is 0 Å². The summed E-state index contributed by atoms with van der Waals surface area (Å²) in [5.74, 6) is -0.997. The molecule has 1 saturated heterocycles. The van der Waals surface area contributed by atoms with Gasteiger partial charge in [0.2, 0.25) is 0 Å². The van der Waals surface area contributed by atoms with Gasteiger partial charge in [0.1, 0.15) is 11.3 Å². The van der Waals surface area contributed by atoms with Crippen LogP contribution in [0.15, 0.2) is 34.1 Å². The van der Waals surface area contributed by atoms with E-state index in [0.717, 1.165) is 37.4 Å². The number of hydrogen-bond donors (Lipinski definition) is 2. The van der Waals surface area contributed by atoms with Crippen molar-refractivity contribution in [2.24, 2.45) is 4.99 Å². The average molecular weight is 465 g/mol. The van der Waals surface area contributed by atoms with E-state index in [1.165, 1.54) is 10.9 Å². The van der Waals surface area contributed by atoms with Crippen molar-refractivity contribution in [3.05, 3.63) is 57.3 Å². The highest BCUT2D eigenvalue weighted by Gasteiger charge is 2.24. The molecule has 0 spiro atoms. The number of nitrogens with zero attached hydrogens (tertiary/aromatic N) is 5. The van der Waals surface area contributed by atoms with E-state index in [-0.39, 0.29) is 11.1 Å². The standard InChI is InChI=1S/C24H25FN6O3/c1-3-31-22-19-17(26-13-27-22)11-16(20(25)21(19)28-24(31)34)12-29-6-8-30(9-7-29)18-5-4-15(23(32)33)10-14(18)2/h4-5,10-11,13H,3,6-9,12H2,1-2H3,(H,26,27)(H,32,33). The third-order valence-electron chi connectivity index (χ3n) is 6.51. The maximum absolute atomic E-state index is 15.5. The van der Waals surface area contributed by atoms with Gasteiger partial charge in [-0.2, -0.15) is 4.98 Å². The van der Waals surface area contributed by atoms with Crippen molar-refractivity contribution in [2.75, 3.05) is 36.4 Å². The van der Waals surface area contributed by atoms with Crippen LogP contribution in [0.4, 0.5) is 21.6 Å². The summed E-state index contributed by atoms with van der Waals surface area (Å²) in [6.45, 7) is 7.46. The van der Waals surface area contributed by atoms with Crippen LogP contribution in [-0.2, 0) is 13.1 Å². The second-order valence-corrected chi connectivity index (χ2v) is 8.56. The van der Waals surface area contributed by atoms with Crippen molar-refractivity contribution in [3.63, 3.8) is 0 Å². The Morgan fingerprint density at radius 3 is 2.65 bits per heavy atom. The molecule has 3 aromatic rings. The van der Waals surface area contributed by atoms with E-state index in [2.05, 4.69) is 25.1 Å². The number of halogens is 1. The smallest absolute Gasteiger partial charge is 0.349 e. The highest BCUT2D eigenvalue weighted by atomic mass is 19.1. The summed E-state index contributed by atoms with van der Waals surface area (Å²) >= 11 is 0. The zero-order chi connectivity index (χ0) is 24.0. The number of aromatic carboxylic acids is 1. The van der Waals surface area contributed by atoms with Crippen LogP contribution in [0, 0.1) is 12.7 Å². The molecule has 10 heteroatoms. The zero-order valence-corrected chi connectivity index (χ0v) is 19.0. The third kappa shape index (κ3) is 3.69. The van der Waals surface area contributed by atoms with Gasteiger partial charge in [-0.05, 0) is 43.7 Å². The predicted octanol–water partition coefficient (Wildman–Crippen LogP) is 2.97. The summed E-state index contributed by atoms with van der Waals surface area (Å²) < 4.78 is 16.9. The Kier molecular flexibility index (Phi) is 5.52. The maximum Gasteiger partial charge on any atom is 0.349 e. The molecule has 0 bridgehead atoms. The van der Waals surface area contributed by atoms with Gasteiger partial charge in [-0.15, -0.1) is 0 Å². The maximum atomic E-state index is 15.5. The topological polar surface area (TPSA) is 103 Å². The summed E-state index contributed by atoms with van der Waals surface area (Å²) in [6, 6.07) is 6.93. The van der Waals surface area contributed by atoms with E-state index in [1.807, 2.05) is 19.9 Å². The van der Waals surface area contributed by atoms with Crippen LogP contribution in [0.2, 0.25) is 0 Å². The lowest BCUT2D eigenvalue weighted by molar-refractivity contribution is 0.0697. The molecule has 2 aliphatic heterocycles. The van der Waals surface area contributed by atoms with Gasteiger partial charge >= 0.3 is 11.7 Å². The molecule has 3 heterocycles. The molecule has 0 saturated carbocycles. The minimum atomic E-state index is -0.938. The number of aliphatic imine (C=N–C) groups is 1. The largest absolute Gasteiger partial charge is 0.478 e. The molecule has 2 N–H and O–H groups in total. The first-order chi connectivity index (χ1) is 16.4.